The summed E-state index contributed by atoms with van der Waals surface area (Å²) in [5.41, 5.74) is 1.15. The van der Waals surface area contributed by atoms with Crippen LogP contribution in [-0.2, 0) is 0 Å². The number of rotatable bonds is 4. The number of alkyl halides is 3. The van der Waals surface area contributed by atoms with E-state index in [1.807, 2.05) is 12.1 Å². The largest absolute Gasteiger partial charge is 0.401 e. The first-order chi connectivity index (χ1) is 9.44. The Kier molecular flexibility index (Phi) is 4.99. The van der Waals surface area contributed by atoms with E-state index in [0.29, 0.717) is 13.1 Å². The molecule has 1 aliphatic heterocycles. The summed E-state index contributed by atoms with van der Waals surface area (Å²) < 4.78 is 36.9. The number of piperidine rings is 1. The van der Waals surface area contributed by atoms with Gasteiger partial charge in [0, 0.05) is 24.5 Å². The van der Waals surface area contributed by atoms with E-state index in [0.717, 1.165) is 18.4 Å². The molecule has 0 saturated carbocycles. The highest BCUT2D eigenvalue weighted by Gasteiger charge is 2.32. The quantitative estimate of drug-likeness (QED) is 0.923. The lowest BCUT2D eigenvalue weighted by atomic mass is 10.0. The second kappa shape index (κ2) is 6.54. The Bertz CT molecular complexity index is 400. The third-order valence-corrected chi connectivity index (χ3v) is 3.68. The number of nitrogens with zero attached hydrogens (tertiary/aromatic N) is 2. The normalized spacial score (nSPS) is 20.0. The molecule has 0 aliphatic carbocycles. The molecule has 2 heterocycles. The molecule has 0 unspecified atom stereocenters. The summed E-state index contributed by atoms with van der Waals surface area (Å²) in [6.07, 6.45) is 0.917. The predicted octanol–water partition coefficient (Wildman–Crippen LogP) is 2.76. The number of aromatic nitrogens is 1. The fraction of sp³-hybridized carbons (Fsp3) is 0.643. The van der Waals surface area contributed by atoms with Crippen molar-refractivity contribution < 1.29 is 13.2 Å². The molecule has 112 valence electrons. The summed E-state index contributed by atoms with van der Waals surface area (Å²) >= 11 is 0. The molecule has 1 aromatic rings. The molecule has 0 aromatic carbocycles. The van der Waals surface area contributed by atoms with Crippen LogP contribution in [0.25, 0.3) is 0 Å². The molecule has 6 heteroatoms. The Labute approximate surface area is 117 Å². The van der Waals surface area contributed by atoms with Crippen LogP contribution in [0.4, 0.5) is 13.2 Å². The van der Waals surface area contributed by atoms with Crippen molar-refractivity contribution in [1.29, 1.82) is 0 Å². The summed E-state index contributed by atoms with van der Waals surface area (Å²) in [7, 11) is 0. The van der Waals surface area contributed by atoms with Gasteiger partial charge in [0.15, 0.2) is 0 Å². The molecular formula is C14H20F3N3. The zero-order chi connectivity index (χ0) is 14.6. The molecular weight excluding hydrogens is 267 g/mol. The van der Waals surface area contributed by atoms with Crippen LogP contribution < -0.4 is 5.32 Å². The van der Waals surface area contributed by atoms with Crippen LogP contribution >= 0.6 is 0 Å². The van der Waals surface area contributed by atoms with E-state index < -0.39 is 12.7 Å². The molecule has 0 amide bonds. The second-order valence-corrected chi connectivity index (χ2v) is 5.33. The lowest BCUT2D eigenvalue weighted by molar-refractivity contribution is -0.148. The maximum absolute atomic E-state index is 12.3. The molecule has 0 bridgehead atoms. The van der Waals surface area contributed by atoms with E-state index in [9.17, 15) is 13.2 Å². The number of pyridine rings is 1. The summed E-state index contributed by atoms with van der Waals surface area (Å²) in [6, 6.07) is 4.38. The standard InChI is InChI=1S/C14H20F3N3/c1-11(12-2-6-18-7-3-12)19-13-4-8-20(9-5-13)10-14(15,16)17/h2-3,6-7,11,13,19H,4-5,8-10H2,1H3/t11-/m0/s1. The van der Waals surface area contributed by atoms with Crippen LogP contribution in [0.1, 0.15) is 31.4 Å². The number of nitrogens with one attached hydrogen (secondary N) is 1. The molecule has 20 heavy (non-hydrogen) atoms. The highest BCUT2D eigenvalue weighted by atomic mass is 19.4. The average molecular weight is 287 g/mol. The highest BCUT2D eigenvalue weighted by Crippen LogP contribution is 2.21. The van der Waals surface area contributed by atoms with Gasteiger partial charge in [0.1, 0.15) is 0 Å². The summed E-state index contributed by atoms with van der Waals surface area (Å²) in [6.45, 7) is 2.28. The molecule has 3 nitrogen and oxygen atoms in total. The molecule has 1 atom stereocenters. The van der Waals surface area contributed by atoms with Crippen molar-refractivity contribution in [3.8, 4) is 0 Å². The van der Waals surface area contributed by atoms with Gasteiger partial charge < -0.3 is 5.32 Å². The Morgan fingerprint density at radius 2 is 1.90 bits per heavy atom. The zero-order valence-electron chi connectivity index (χ0n) is 11.5. The Morgan fingerprint density at radius 3 is 2.45 bits per heavy atom. The lowest BCUT2D eigenvalue weighted by Crippen LogP contribution is -2.46. The number of hydrogen-bond acceptors (Lipinski definition) is 3. The van der Waals surface area contributed by atoms with E-state index in [2.05, 4.69) is 17.2 Å². The van der Waals surface area contributed by atoms with Gasteiger partial charge in [-0.25, -0.2) is 0 Å². The monoisotopic (exact) mass is 287 g/mol. The summed E-state index contributed by atoms with van der Waals surface area (Å²) in [4.78, 5) is 5.46. The van der Waals surface area contributed by atoms with Crippen molar-refractivity contribution >= 4 is 0 Å². The average Bonchev–Trinajstić information content (AvgIpc) is 2.40. The highest BCUT2D eigenvalue weighted by molar-refractivity contribution is 5.14. The first kappa shape index (κ1) is 15.3. The van der Waals surface area contributed by atoms with Gasteiger partial charge in [0.25, 0.3) is 0 Å². The van der Waals surface area contributed by atoms with Gasteiger partial charge >= 0.3 is 6.18 Å². The summed E-state index contributed by atoms with van der Waals surface area (Å²) in [5, 5.41) is 3.48. The third kappa shape index (κ3) is 4.76. The number of hydrogen-bond donors (Lipinski definition) is 1. The Morgan fingerprint density at radius 1 is 1.30 bits per heavy atom. The Balaban J connectivity index is 1.77. The predicted molar refractivity (Wildman–Crippen MR) is 71.3 cm³/mol. The van der Waals surface area contributed by atoms with Gasteiger partial charge in [0.2, 0.25) is 0 Å². The van der Waals surface area contributed by atoms with Crippen LogP contribution in [0, 0.1) is 0 Å². The fourth-order valence-corrected chi connectivity index (χ4v) is 2.61. The van der Waals surface area contributed by atoms with E-state index in [1.165, 1.54) is 4.90 Å². The SMILES string of the molecule is C[C@H](NC1CCN(CC(F)(F)F)CC1)c1ccncc1. The maximum atomic E-state index is 12.3. The van der Waals surface area contributed by atoms with Crippen molar-refractivity contribution in [2.24, 2.45) is 0 Å². The molecule has 2 rings (SSSR count). The van der Waals surface area contributed by atoms with Crippen LogP contribution in [-0.4, -0.2) is 41.7 Å². The van der Waals surface area contributed by atoms with Gasteiger partial charge in [-0.15, -0.1) is 0 Å². The molecule has 1 N–H and O–H groups in total. The topological polar surface area (TPSA) is 28.2 Å². The minimum Gasteiger partial charge on any atom is -0.307 e. The second-order valence-electron chi connectivity index (χ2n) is 5.33. The minimum absolute atomic E-state index is 0.192. The molecule has 1 aromatic heterocycles. The Hall–Kier alpha value is -1.14. The van der Waals surface area contributed by atoms with Crippen LogP contribution in [0.15, 0.2) is 24.5 Å². The number of halogens is 3. The van der Waals surface area contributed by atoms with Crippen molar-refractivity contribution in [1.82, 2.24) is 15.2 Å². The van der Waals surface area contributed by atoms with Gasteiger partial charge in [-0.05, 0) is 50.6 Å². The van der Waals surface area contributed by atoms with E-state index in [4.69, 9.17) is 0 Å². The minimum atomic E-state index is -4.09. The van der Waals surface area contributed by atoms with Gasteiger partial charge in [-0.3, -0.25) is 9.88 Å². The third-order valence-electron chi connectivity index (χ3n) is 3.68. The van der Waals surface area contributed by atoms with Crippen LogP contribution in [0.5, 0.6) is 0 Å². The molecule has 1 saturated heterocycles. The first-order valence-electron chi connectivity index (χ1n) is 6.89. The first-order valence-corrected chi connectivity index (χ1v) is 6.89. The van der Waals surface area contributed by atoms with E-state index in [1.54, 1.807) is 12.4 Å². The van der Waals surface area contributed by atoms with Crippen molar-refractivity contribution in [2.45, 2.75) is 38.0 Å². The van der Waals surface area contributed by atoms with E-state index in [-0.39, 0.29) is 12.1 Å². The van der Waals surface area contributed by atoms with Crippen LogP contribution in [0.2, 0.25) is 0 Å². The molecule has 1 aliphatic rings. The van der Waals surface area contributed by atoms with E-state index >= 15 is 0 Å². The summed E-state index contributed by atoms with van der Waals surface area (Å²) in [5.74, 6) is 0. The van der Waals surface area contributed by atoms with Crippen molar-refractivity contribution in [3.63, 3.8) is 0 Å². The zero-order valence-corrected chi connectivity index (χ0v) is 11.5. The molecule has 0 spiro atoms. The van der Waals surface area contributed by atoms with Crippen LogP contribution in [0.3, 0.4) is 0 Å². The molecule has 1 fully saturated rings. The number of likely N-dealkylation sites (tertiary alicyclic amines) is 1. The van der Waals surface area contributed by atoms with Gasteiger partial charge in [-0.2, -0.15) is 13.2 Å². The van der Waals surface area contributed by atoms with Crippen molar-refractivity contribution in [3.05, 3.63) is 30.1 Å². The molecule has 0 radical (unpaired) electrons. The van der Waals surface area contributed by atoms with Gasteiger partial charge in [0.05, 0.1) is 6.54 Å². The smallest absolute Gasteiger partial charge is 0.307 e. The van der Waals surface area contributed by atoms with Crippen molar-refractivity contribution in [2.75, 3.05) is 19.6 Å². The lowest BCUT2D eigenvalue weighted by Gasteiger charge is -2.34. The maximum Gasteiger partial charge on any atom is 0.401 e. The fourth-order valence-electron chi connectivity index (χ4n) is 2.61. The van der Waals surface area contributed by atoms with Gasteiger partial charge in [-0.1, -0.05) is 0 Å².